The van der Waals surface area contributed by atoms with Crippen LogP contribution in [0, 0.1) is 0 Å². The van der Waals surface area contributed by atoms with Crippen LogP contribution in [-0.2, 0) is 6.18 Å². The van der Waals surface area contributed by atoms with Crippen LogP contribution in [0.2, 0.25) is 0 Å². The van der Waals surface area contributed by atoms with Crippen molar-refractivity contribution < 1.29 is 13.2 Å². The van der Waals surface area contributed by atoms with Crippen molar-refractivity contribution in [2.24, 2.45) is 5.73 Å². The van der Waals surface area contributed by atoms with Gasteiger partial charge in [-0.2, -0.15) is 13.2 Å². The van der Waals surface area contributed by atoms with E-state index in [2.05, 4.69) is 15.9 Å². The molecular weight excluding hydrogens is 363 g/mol. The average molecular weight is 376 g/mol. The number of alkyl halides is 3. The Kier molecular flexibility index (Phi) is 5.35. The molecular formula is C15H13BrF3NS. The van der Waals surface area contributed by atoms with E-state index < -0.39 is 17.8 Å². The van der Waals surface area contributed by atoms with Gasteiger partial charge in [0.1, 0.15) is 0 Å². The van der Waals surface area contributed by atoms with Crippen molar-refractivity contribution in [1.82, 2.24) is 0 Å². The van der Waals surface area contributed by atoms with Crippen LogP contribution in [0.3, 0.4) is 0 Å². The molecule has 0 saturated heterocycles. The maximum absolute atomic E-state index is 12.7. The molecule has 1 nitrogen and oxygen atoms in total. The Labute approximate surface area is 133 Å². The van der Waals surface area contributed by atoms with Crippen molar-refractivity contribution >= 4 is 27.7 Å². The van der Waals surface area contributed by atoms with Gasteiger partial charge in [0, 0.05) is 21.2 Å². The van der Waals surface area contributed by atoms with Crippen molar-refractivity contribution in [3.63, 3.8) is 0 Å². The number of hydrogen-bond donors (Lipinski definition) is 1. The Morgan fingerprint density at radius 2 is 1.81 bits per heavy atom. The smallest absolute Gasteiger partial charge is 0.323 e. The molecule has 21 heavy (non-hydrogen) atoms. The van der Waals surface area contributed by atoms with E-state index in [9.17, 15) is 13.2 Å². The Morgan fingerprint density at radius 3 is 2.48 bits per heavy atom. The lowest BCUT2D eigenvalue weighted by Crippen LogP contribution is -2.14. The predicted molar refractivity (Wildman–Crippen MR) is 83.2 cm³/mol. The summed E-state index contributed by atoms with van der Waals surface area (Å²) in [7, 11) is 0. The third kappa shape index (κ3) is 4.76. The van der Waals surface area contributed by atoms with Crippen LogP contribution in [-0.4, -0.2) is 5.75 Å². The first-order valence-corrected chi connectivity index (χ1v) is 7.95. The first-order chi connectivity index (χ1) is 9.86. The van der Waals surface area contributed by atoms with Crippen LogP contribution in [0.15, 0.2) is 57.9 Å². The van der Waals surface area contributed by atoms with E-state index in [0.717, 1.165) is 21.5 Å². The lowest BCUT2D eigenvalue weighted by Gasteiger charge is -2.14. The highest BCUT2D eigenvalue weighted by atomic mass is 79.9. The molecule has 2 aromatic carbocycles. The highest BCUT2D eigenvalue weighted by Gasteiger charge is 2.30. The molecule has 0 bridgehead atoms. The minimum absolute atomic E-state index is 0.448. The second kappa shape index (κ2) is 6.85. The summed E-state index contributed by atoms with van der Waals surface area (Å²) in [6.07, 6.45) is -4.34. The molecule has 0 aromatic heterocycles. The molecule has 2 rings (SSSR count). The SMILES string of the molecule is NC(CSc1cccc(Br)c1)c1cccc(C(F)(F)F)c1. The highest BCUT2D eigenvalue weighted by molar-refractivity contribution is 9.10. The number of thioether (sulfide) groups is 1. The molecule has 0 aliphatic heterocycles. The van der Waals surface area contributed by atoms with Gasteiger partial charge in [0.25, 0.3) is 0 Å². The summed E-state index contributed by atoms with van der Waals surface area (Å²) in [6, 6.07) is 12.4. The minimum atomic E-state index is -4.34. The standard InChI is InChI=1S/C15H13BrF3NS/c16-12-5-2-6-13(8-12)21-9-14(20)10-3-1-4-11(7-10)15(17,18)19/h1-8,14H,9,20H2. The molecule has 0 fully saturated rings. The lowest BCUT2D eigenvalue weighted by molar-refractivity contribution is -0.137. The molecule has 0 heterocycles. The Bertz CT molecular complexity index is 616. The van der Waals surface area contributed by atoms with Gasteiger partial charge in [-0.15, -0.1) is 11.8 Å². The fourth-order valence-electron chi connectivity index (χ4n) is 1.78. The zero-order valence-electron chi connectivity index (χ0n) is 10.9. The lowest BCUT2D eigenvalue weighted by atomic mass is 10.1. The van der Waals surface area contributed by atoms with E-state index >= 15 is 0 Å². The van der Waals surface area contributed by atoms with E-state index in [1.807, 2.05) is 24.3 Å². The number of benzene rings is 2. The van der Waals surface area contributed by atoms with E-state index in [4.69, 9.17) is 5.73 Å². The number of nitrogens with two attached hydrogens (primary N) is 1. The monoisotopic (exact) mass is 375 g/mol. The van der Waals surface area contributed by atoms with Crippen LogP contribution < -0.4 is 5.73 Å². The van der Waals surface area contributed by atoms with Gasteiger partial charge in [0.2, 0.25) is 0 Å². The van der Waals surface area contributed by atoms with Gasteiger partial charge in [0.15, 0.2) is 0 Å². The summed E-state index contributed by atoms with van der Waals surface area (Å²) < 4.78 is 39.0. The summed E-state index contributed by atoms with van der Waals surface area (Å²) in [6.45, 7) is 0. The van der Waals surface area contributed by atoms with Gasteiger partial charge >= 0.3 is 6.18 Å². The molecule has 2 N–H and O–H groups in total. The van der Waals surface area contributed by atoms with Crippen molar-refractivity contribution in [2.45, 2.75) is 17.1 Å². The Hall–Kier alpha value is -0.980. The Balaban J connectivity index is 2.05. The maximum atomic E-state index is 12.7. The molecule has 0 aliphatic rings. The molecule has 112 valence electrons. The average Bonchev–Trinajstić information content (AvgIpc) is 2.44. The van der Waals surface area contributed by atoms with Gasteiger partial charge in [-0.1, -0.05) is 34.1 Å². The highest BCUT2D eigenvalue weighted by Crippen LogP contribution is 2.31. The van der Waals surface area contributed by atoms with Crippen LogP contribution >= 0.6 is 27.7 Å². The van der Waals surface area contributed by atoms with Crippen molar-refractivity contribution in [3.8, 4) is 0 Å². The molecule has 0 radical (unpaired) electrons. The number of hydrogen-bond acceptors (Lipinski definition) is 2. The molecule has 0 aliphatic carbocycles. The summed E-state index contributed by atoms with van der Waals surface area (Å²) in [5.74, 6) is 0.512. The maximum Gasteiger partial charge on any atom is 0.416 e. The molecule has 1 atom stereocenters. The first-order valence-electron chi connectivity index (χ1n) is 6.17. The first kappa shape index (κ1) is 16.4. The third-order valence-electron chi connectivity index (χ3n) is 2.87. The molecule has 2 aromatic rings. The third-order valence-corrected chi connectivity index (χ3v) is 4.47. The normalized spacial score (nSPS) is 13.2. The van der Waals surface area contributed by atoms with E-state index in [1.165, 1.54) is 17.8 Å². The fourth-order valence-corrected chi connectivity index (χ4v) is 3.28. The largest absolute Gasteiger partial charge is 0.416 e. The molecule has 0 amide bonds. The van der Waals surface area contributed by atoms with Crippen molar-refractivity contribution in [1.29, 1.82) is 0 Å². The second-order valence-electron chi connectivity index (χ2n) is 4.50. The van der Waals surface area contributed by atoms with Gasteiger partial charge in [-0.3, -0.25) is 0 Å². The van der Waals surface area contributed by atoms with Gasteiger partial charge in [0.05, 0.1) is 5.56 Å². The second-order valence-corrected chi connectivity index (χ2v) is 6.51. The summed E-state index contributed by atoms with van der Waals surface area (Å²) in [4.78, 5) is 1.02. The fraction of sp³-hybridized carbons (Fsp3) is 0.200. The van der Waals surface area contributed by atoms with E-state index in [0.29, 0.717) is 11.3 Å². The zero-order valence-corrected chi connectivity index (χ0v) is 13.3. The predicted octanol–water partition coefficient (Wildman–Crippen LogP) is 5.26. The van der Waals surface area contributed by atoms with E-state index in [1.54, 1.807) is 6.07 Å². The summed E-state index contributed by atoms with van der Waals surface area (Å²) in [5.41, 5.74) is 5.82. The Morgan fingerprint density at radius 1 is 1.10 bits per heavy atom. The molecule has 0 spiro atoms. The molecule has 6 heteroatoms. The van der Waals surface area contributed by atoms with Gasteiger partial charge < -0.3 is 5.73 Å². The zero-order chi connectivity index (χ0) is 15.5. The van der Waals surface area contributed by atoms with Gasteiger partial charge in [-0.25, -0.2) is 0 Å². The molecule has 1 unspecified atom stereocenters. The van der Waals surface area contributed by atoms with Crippen LogP contribution in [0.1, 0.15) is 17.2 Å². The molecule has 0 saturated carbocycles. The topological polar surface area (TPSA) is 26.0 Å². The summed E-state index contributed by atoms with van der Waals surface area (Å²) in [5, 5.41) is 0. The van der Waals surface area contributed by atoms with E-state index in [-0.39, 0.29) is 0 Å². The van der Waals surface area contributed by atoms with Crippen LogP contribution in [0.4, 0.5) is 13.2 Å². The van der Waals surface area contributed by atoms with Crippen LogP contribution in [0.25, 0.3) is 0 Å². The van der Waals surface area contributed by atoms with Crippen molar-refractivity contribution in [2.75, 3.05) is 5.75 Å². The van der Waals surface area contributed by atoms with Crippen LogP contribution in [0.5, 0.6) is 0 Å². The number of rotatable bonds is 4. The summed E-state index contributed by atoms with van der Waals surface area (Å²) >= 11 is 4.89. The van der Waals surface area contributed by atoms with Gasteiger partial charge in [-0.05, 0) is 35.9 Å². The van der Waals surface area contributed by atoms with Crippen molar-refractivity contribution in [3.05, 3.63) is 64.1 Å². The quantitative estimate of drug-likeness (QED) is 0.737. The number of halogens is 4. The minimum Gasteiger partial charge on any atom is -0.323 e.